The lowest BCUT2D eigenvalue weighted by Gasteiger charge is -2.34. The summed E-state index contributed by atoms with van der Waals surface area (Å²) in [5.74, 6) is 1.37. The zero-order chi connectivity index (χ0) is 18.1. The van der Waals surface area contributed by atoms with Crippen LogP contribution in [0.4, 0.5) is 13.2 Å². The second-order valence-corrected chi connectivity index (χ2v) is 6.78. The molecule has 0 spiro atoms. The molecule has 140 valence electrons. The summed E-state index contributed by atoms with van der Waals surface area (Å²) in [6.07, 6.45) is -0.396. The number of H-pyrrole nitrogens is 1. The summed E-state index contributed by atoms with van der Waals surface area (Å²) in [6, 6.07) is 5.85. The van der Waals surface area contributed by atoms with Gasteiger partial charge in [-0.3, -0.25) is 4.90 Å². The van der Waals surface area contributed by atoms with Crippen molar-refractivity contribution in [2.75, 3.05) is 26.3 Å². The van der Waals surface area contributed by atoms with Crippen molar-refractivity contribution in [3.63, 3.8) is 0 Å². The van der Waals surface area contributed by atoms with Crippen LogP contribution < -0.4 is 4.74 Å². The van der Waals surface area contributed by atoms with Crippen molar-refractivity contribution < 1.29 is 22.6 Å². The van der Waals surface area contributed by atoms with Crippen LogP contribution in [0.1, 0.15) is 24.7 Å². The average Bonchev–Trinajstić information content (AvgIpc) is 3.28. The number of rotatable bonds is 5. The van der Waals surface area contributed by atoms with Crippen LogP contribution in [0.3, 0.4) is 0 Å². The number of ether oxygens (including phenoxy) is 2. The molecule has 5 nitrogen and oxygen atoms in total. The smallest absolute Gasteiger partial charge is 0.406 e. The number of hydrogen-bond donors (Lipinski definition) is 1. The number of morpholine rings is 1. The summed E-state index contributed by atoms with van der Waals surface area (Å²) in [7, 11) is 0. The molecule has 1 atom stereocenters. The second-order valence-electron chi connectivity index (χ2n) is 6.78. The summed E-state index contributed by atoms with van der Waals surface area (Å²) in [4.78, 5) is 10.2. The Bertz CT molecular complexity index is 741. The second kappa shape index (κ2) is 6.92. The molecular formula is C18H20F3N3O2. The van der Waals surface area contributed by atoms with Gasteiger partial charge in [0, 0.05) is 13.1 Å². The van der Waals surface area contributed by atoms with Gasteiger partial charge in [0.1, 0.15) is 11.6 Å². The SMILES string of the molecule is FC(F)(F)Oc1ccc(-c2cnc(C3COCCN3CC3CC3)[nH]2)cc1. The van der Waals surface area contributed by atoms with Crippen LogP contribution >= 0.6 is 0 Å². The molecule has 2 fully saturated rings. The molecule has 2 heterocycles. The van der Waals surface area contributed by atoms with Gasteiger partial charge in [-0.2, -0.15) is 0 Å². The largest absolute Gasteiger partial charge is 0.573 e. The van der Waals surface area contributed by atoms with Crippen LogP contribution in [0, 0.1) is 5.92 Å². The Morgan fingerprint density at radius 3 is 2.69 bits per heavy atom. The van der Waals surface area contributed by atoms with Gasteiger partial charge in [-0.15, -0.1) is 13.2 Å². The van der Waals surface area contributed by atoms with Gasteiger partial charge >= 0.3 is 6.36 Å². The Morgan fingerprint density at radius 1 is 1.23 bits per heavy atom. The summed E-state index contributed by atoms with van der Waals surface area (Å²) in [6.45, 7) is 3.28. The van der Waals surface area contributed by atoms with E-state index in [-0.39, 0.29) is 11.8 Å². The van der Waals surface area contributed by atoms with E-state index in [9.17, 15) is 13.2 Å². The molecule has 0 bridgehead atoms. The van der Waals surface area contributed by atoms with Crippen LogP contribution in [0.25, 0.3) is 11.3 Å². The quantitative estimate of drug-likeness (QED) is 0.874. The zero-order valence-electron chi connectivity index (χ0n) is 14.1. The van der Waals surface area contributed by atoms with Gasteiger partial charge in [-0.25, -0.2) is 4.98 Å². The molecule has 1 aromatic heterocycles. The molecule has 1 aliphatic carbocycles. The first-order valence-corrected chi connectivity index (χ1v) is 8.71. The molecule has 0 radical (unpaired) electrons. The Morgan fingerprint density at radius 2 is 2.00 bits per heavy atom. The number of imidazole rings is 1. The monoisotopic (exact) mass is 367 g/mol. The van der Waals surface area contributed by atoms with Gasteiger partial charge in [-0.1, -0.05) is 0 Å². The van der Waals surface area contributed by atoms with Crippen LogP contribution in [0.15, 0.2) is 30.5 Å². The number of alkyl halides is 3. The van der Waals surface area contributed by atoms with E-state index in [0.29, 0.717) is 6.61 Å². The van der Waals surface area contributed by atoms with E-state index in [2.05, 4.69) is 19.6 Å². The van der Waals surface area contributed by atoms with Gasteiger partial charge in [0.15, 0.2) is 0 Å². The molecule has 1 aromatic carbocycles. The molecule has 8 heteroatoms. The highest BCUT2D eigenvalue weighted by Gasteiger charge is 2.33. The van der Waals surface area contributed by atoms with Crippen LogP contribution in [0.2, 0.25) is 0 Å². The van der Waals surface area contributed by atoms with Crippen molar-refractivity contribution >= 4 is 0 Å². The Labute approximate surface area is 149 Å². The molecule has 1 aliphatic heterocycles. The topological polar surface area (TPSA) is 50.4 Å². The maximum atomic E-state index is 12.3. The third-order valence-electron chi connectivity index (χ3n) is 4.74. The van der Waals surface area contributed by atoms with E-state index >= 15 is 0 Å². The minimum absolute atomic E-state index is 0.0888. The highest BCUT2D eigenvalue weighted by molar-refractivity contribution is 5.59. The van der Waals surface area contributed by atoms with Crippen LogP contribution in [0.5, 0.6) is 5.75 Å². The fourth-order valence-electron chi connectivity index (χ4n) is 3.23. The molecule has 2 aromatic rings. The lowest BCUT2D eigenvalue weighted by atomic mass is 10.1. The summed E-state index contributed by atoms with van der Waals surface area (Å²) in [5, 5.41) is 0. The Hall–Kier alpha value is -2.06. The fourth-order valence-corrected chi connectivity index (χ4v) is 3.23. The lowest BCUT2D eigenvalue weighted by Crippen LogP contribution is -2.41. The fraction of sp³-hybridized carbons (Fsp3) is 0.500. The molecular weight excluding hydrogens is 347 g/mol. The van der Waals surface area contributed by atoms with E-state index in [1.165, 1.54) is 25.0 Å². The normalized spacial score (nSPS) is 21.7. The van der Waals surface area contributed by atoms with E-state index in [4.69, 9.17) is 4.74 Å². The van der Waals surface area contributed by atoms with Gasteiger partial charge < -0.3 is 14.5 Å². The number of benzene rings is 1. The maximum absolute atomic E-state index is 12.3. The summed E-state index contributed by atoms with van der Waals surface area (Å²) < 4.78 is 46.3. The number of nitrogens with zero attached hydrogens (tertiary/aromatic N) is 2. The van der Waals surface area contributed by atoms with Crippen molar-refractivity contribution in [3.05, 3.63) is 36.3 Å². The number of hydrogen-bond acceptors (Lipinski definition) is 4. The van der Waals surface area contributed by atoms with E-state index < -0.39 is 6.36 Å². The van der Waals surface area contributed by atoms with E-state index in [1.807, 2.05) is 0 Å². The first kappa shape index (κ1) is 17.4. The summed E-state index contributed by atoms with van der Waals surface area (Å²) in [5.41, 5.74) is 1.51. The third kappa shape index (κ3) is 4.19. The first-order valence-electron chi connectivity index (χ1n) is 8.71. The minimum Gasteiger partial charge on any atom is -0.406 e. The molecule has 4 rings (SSSR count). The molecule has 2 aliphatic rings. The number of halogens is 3. The minimum atomic E-state index is -4.69. The van der Waals surface area contributed by atoms with Crippen LogP contribution in [-0.4, -0.2) is 47.5 Å². The molecule has 1 unspecified atom stereocenters. The highest BCUT2D eigenvalue weighted by atomic mass is 19.4. The number of aromatic nitrogens is 2. The highest BCUT2D eigenvalue weighted by Crippen LogP contribution is 2.34. The number of aromatic amines is 1. The third-order valence-corrected chi connectivity index (χ3v) is 4.74. The molecule has 26 heavy (non-hydrogen) atoms. The van der Waals surface area contributed by atoms with Gasteiger partial charge in [0.25, 0.3) is 0 Å². The van der Waals surface area contributed by atoms with Crippen molar-refractivity contribution in [2.45, 2.75) is 25.2 Å². The predicted molar refractivity (Wildman–Crippen MR) is 88.6 cm³/mol. The van der Waals surface area contributed by atoms with Gasteiger partial charge in [0.2, 0.25) is 0 Å². The molecule has 1 N–H and O–H groups in total. The average molecular weight is 367 g/mol. The first-order chi connectivity index (χ1) is 12.5. The maximum Gasteiger partial charge on any atom is 0.573 e. The Balaban J connectivity index is 1.48. The van der Waals surface area contributed by atoms with Crippen LogP contribution in [-0.2, 0) is 4.74 Å². The molecule has 1 saturated heterocycles. The molecule has 1 saturated carbocycles. The predicted octanol–water partition coefficient (Wildman–Crippen LogP) is 3.76. The Kier molecular flexibility index (Phi) is 4.62. The zero-order valence-corrected chi connectivity index (χ0v) is 14.1. The van der Waals surface area contributed by atoms with Gasteiger partial charge in [0.05, 0.1) is 31.1 Å². The van der Waals surface area contributed by atoms with E-state index in [1.54, 1.807) is 18.3 Å². The standard InChI is InChI=1S/C18H20F3N3O2/c19-18(20,21)26-14-5-3-13(4-6-14)15-9-22-17(23-15)16-11-25-8-7-24(16)10-12-1-2-12/h3-6,9,12,16H,1-2,7-8,10-11H2,(H,22,23). The molecule has 0 amide bonds. The lowest BCUT2D eigenvalue weighted by molar-refractivity contribution is -0.274. The van der Waals surface area contributed by atoms with Crippen molar-refractivity contribution in [1.29, 1.82) is 0 Å². The summed E-state index contributed by atoms with van der Waals surface area (Å²) >= 11 is 0. The van der Waals surface area contributed by atoms with Gasteiger partial charge in [-0.05, 0) is 48.6 Å². The van der Waals surface area contributed by atoms with Crippen molar-refractivity contribution in [1.82, 2.24) is 14.9 Å². The number of nitrogens with one attached hydrogen (secondary N) is 1. The van der Waals surface area contributed by atoms with Crippen molar-refractivity contribution in [2.24, 2.45) is 5.92 Å². The van der Waals surface area contributed by atoms with Crippen molar-refractivity contribution in [3.8, 4) is 17.0 Å². The van der Waals surface area contributed by atoms with E-state index in [0.717, 1.165) is 42.7 Å².